The molecule has 3 fully saturated rings. The molecule has 0 N–H and O–H groups in total. The van der Waals surface area contributed by atoms with Crippen LogP contribution >= 0.6 is 11.6 Å². The van der Waals surface area contributed by atoms with Gasteiger partial charge < -0.3 is 0 Å². The van der Waals surface area contributed by atoms with Crippen LogP contribution in [0.25, 0.3) is 0 Å². The molecule has 0 radical (unpaired) electrons. The molecule has 30 heavy (non-hydrogen) atoms. The van der Waals surface area contributed by atoms with E-state index in [9.17, 15) is 27.6 Å². The van der Waals surface area contributed by atoms with Crippen molar-refractivity contribution in [3.05, 3.63) is 40.9 Å². The lowest BCUT2D eigenvalue weighted by atomic mass is 9.63. The molecule has 6 rings (SSSR count). The van der Waals surface area contributed by atoms with E-state index in [2.05, 4.69) is 0 Å². The number of amides is 3. The zero-order valence-corrected chi connectivity index (χ0v) is 16.7. The largest absolute Gasteiger partial charge is 0.471 e. The Labute approximate surface area is 175 Å². The number of anilines is 1. The molecule has 0 spiro atoms. The number of hydrogen-bond donors (Lipinski definition) is 0. The van der Waals surface area contributed by atoms with Crippen LogP contribution < -0.4 is 4.90 Å². The van der Waals surface area contributed by atoms with E-state index in [-0.39, 0.29) is 28.1 Å². The van der Waals surface area contributed by atoms with Crippen molar-refractivity contribution in [2.45, 2.75) is 19.5 Å². The van der Waals surface area contributed by atoms with Crippen LogP contribution in [0.15, 0.2) is 30.4 Å². The van der Waals surface area contributed by atoms with Gasteiger partial charge in [0.05, 0.1) is 17.5 Å². The van der Waals surface area contributed by atoms with Crippen molar-refractivity contribution < 1.29 is 27.6 Å². The highest BCUT2D eigenvalue weighted by Crippen LogP contribution is 2.65. The first kappa shape index (κ1) is 19.6. The van der Waals surface area contributed by atoms with E-state index in [1.807, 2.05) is 12.2 Å². The minimum atomic E-state index is -5.17. The standard InChI is InChI=1S/C21H18ClF3N2O3/c1-9-14(22)3-2-4-15(9)26(20(30)21(23,24)25)8-27-18(28)16-10-5-6-11(13-7-12(10)13)17(16)19(27)29/h2-6,10-13,16-17H,7-8H2,1H3/t10-,11-,12-,13-,16+,17+/m1/s1. The number of carbonyl (C=O) groups is 3. The fraction of sp³-hybridized carbons (Fsp3) is 0.476. The van der Waals surface area contributed by atoms with E-state index < -0.39 is 42.4 Å². The van der Waals surface area contributed by atoms with Crippen molar-refractivity contribution in [1.82, 2.24) is 4.90 Å². The Morgan fingerprint density at radius 1 is 1.13 bits per heavy atom. The predicted octanol–water partition coefficient (Wildman–Crippen LogP) is 3.55. The van der Waals surface area contributed by atoms with Gasteiger partial charge in [-0.2, -0.15) is 13.2 Å². The summed E-state index contributed by atoms with van der Waals surface area (Å²) in [6.45, 7) is 0.707. The molecule has 0 unspecified atom stereocenters. The summed E-state index contributed by atoms with van der Waals surface area (Å²) >= 11 is 6.04. The molecule has 3 amide bonds. The fourth-order valence-corrected chi connectivity index (χ4v) is 5.76. The number of likely N-dealkylation sites (tertiary alicyclic amines) is 1. The number of rotatable bonds is 3. The second-order valence-electron chi connectivity index (χ2n) is 8.52. The third kappa shape index (κ3) is 2.65. The maximum atomic E-state index is 13.3. The molecule has 1 aromatic rings. The molecule has 158 valence electrons. The van der Waals surface area contributed by atoms with Gasteiger partial charge in [0.15, 0.2) is 0 Å². The lowest BCUT2D eigenvalue weighted by Gasteiger charge is -2.37. The van der Waals surface area contributed by atoms with Crippen LogP contribution in [-0.2, 0) is 14.4 Å². The van der Waals surface area contributed by atoms with Crippen molar-refractivity contribution >= 4 is 35.0 Å². The van der Waals surface area contributed by atoms with E-state index in [0.717, 1.165) is 11.3 Å². The number of imide groups is 1. The molecule has 1 aliphatic heterocycles. The first-order valence-electron chi connectivity index (χ1n) is 9.78. The predicted molar refractivity (Wildman–Crippen MR) is 101 cm³/mol. The second-order valence-corrected chi connectivity index (χ2v) is 8.92. The van der Waals surface area contributed by atoms with Crippen molar-refractivity contribution in [1.29, 1.82) is 0 Å². The van der Waals surface area contributed by atoms with Gasteiger partial charge in [-0.1, -0.05) is 29.8 Å². The van der Waals surface area contributed by atoms with E-state index >= 15 is 0 Å². The maximum Gasteiger partial charge on any atom is 0.471 e. The zero-order chi connectivity index (χ0) is 21.5. The number of hydrogen-bond acceptors (Lipinski definition) is 3. The lowest BCUT2D eigenvalue weighted by molar-refractivity contribution is -0.171. The number of carbonyl (C=O) groups excluding carboxylic acids is 3. The molecule has 1 saturated heterocycles. The average Bonchev–Trinajstić information content (AvgIpc) is 3.47. The van der Waals surface area contributed by atoms with E-state index in [0.29, 0.717) is 16.7 Å². The Kier molecular flexibility index (Phi) is 4.13. The van der Waals surface area contributed by atoms with E-state index in [1.54, 1.807) is 0 Å². The summed E-state index contributed by atoms with van der Waals surface area (Å²) in [4.78, 5) is 39.7. The molecular formula is C21H18ClF3N2O3. The van der Waals surface area contributed by atoms with Crippen molar-refractivity contribution in [2.24, 2.45) is 35.5 Å². The molecule has 5 aliphatic rings. The van der Waals surface area contributed by atoms with Crippen molar-refractivity contribution in [3.8, 4) is 0 Å². The van der Waals surface area contributed by atoms with Gasteiger partial charge in [-0.15, -0.1) is 0 Å². The number of halogens is 4. The zero-order valence-electron chi connectivity index (χ0n) is 15.9. The molecule has 5 nitrogen and oxygen atoms in total. The van der Waals surface area contributed by atoms with Gasteiger partial charge in [0.25, 0.3) is 0 Å². The Balaban J connectivity index is 1.50. The van der Waals surface area contributed by atoms with Crippen LogP contribution in [0, 0.1) is 42.4 Å². The highest BCUT2D eigenvalue weighted by Gasteiger charge is 2.67. The Hall–Kier alpha value is -2.35. The van der Waals surface area contributed by atoms with Gasteiger partial charge >= 0.3 is 12.1 Å². The molecule has 9 heteroatoms. The normalized spacial score (nSPS) is 33.6. The molecule has 1 aromatic carbocycles. The molecule has 1 heterocycles. The summed E-state index contributed by atoms with van der Waals surface area (Å²) in [6.07, 6.45) is -0.227. The lowest BCUT2D eigenvalue weighted by Crippen LogP contribution is -2.49. The highest BCUT2D eigenvalue weighted by atomic mass is 35.5. The number of alkyl halides is 3. The molecule has 6 atom stereocenters. The van der Waals surface area contributed by atoms with Crippen LogP contribution in [0.3, 0.4) is 0 Å². The van der Waals surface area contributed by atoms with E-state index in [1.165, 1.54) is 25.1 Å². The third-order valence-corrected chi connectivity index (χ3v) is 7.46. The minimum Gasteiger partial charge on any atom is -0.285 e. The van der Waals surface area contributed by atoms with Crippen molar-refractivity contribution in [3.63, 3.8) is 0 Å². The van der Waals surface area contributed by atoms with Crippen LogP contribution in [0.4, 0.5) is 18.9 Å². The summed E-state index contributed by atoms with van der Waals surface area (Å²) in [6, 6.07) is 4.24. The monoisotopic (exact) mass is 438 g/mol. The van der Waals surface area contributed by atoms with Crippen molar-refractivity contribution in [2.75, 3.05) is 11.6 Å². The first-order chi connectivity index (χ1) is 14.1. The molecular weight excluding hydrogens is 421 g/mol. The van der Waals surface area contributed by atoms with Gasteiger partial charge in [-0.3, -0.25) is 24.2 Å². The highest BCUT2D eigenvalue weighted by molar-refractivity contribution is 6.31. The van der Waals surface area contributed by atoms with Gasteiger partial charge in [0.1, 0.15) is 6.67 Å². The number of benzene rings is 1. The Morgan fingerprint density at radius 3 is 2.23 bits per heavy atom. The third-order valence-electron chi connectivity index (χ3n) is 7.05. The summed E-state index contributed by atoms with van der Waals surface area (Å²) < 4.78 is 40.0. The Bertz CT molecular complexity index is 972. The summed E-state index contributed by atoms with van der Waals surface area (Å²) in [5.41, 5.74) is 0.181. The quantitative estimate of drug-likeness (QED) is 0.535. The summed E-state index contributed by atoms with van der Waals surface area (Å²) in [7, 11) is 0. The van der Waals surface area contributed by atoms with Gasteiger partial charge in [0, 0.05) is 5.02 Å². The fourth-order valence-electron chi connectivity index (χ4n) is 5.59. The topological polar surface area (TPSA) is 57.7 Å². The smallest absolute Gasteiger partial charge is 0.285 e. The average molecular weight is 439 g/mol. The molecule has 4 aliphatic carbocycles. The van der Waals surface area contributed by atoms with Crippen LogP contribution in [0.5, 0.6) is 0 Å². The summed E-state index contributed by atoms with van der Waals surface area (Å²) in [5.74, 6) is -3.56. The maximum absolute atomic E-state index is 13.3. The van der Waals surface area contributed by atoms with Crippen LogP contribution in [0.1, 0.15) is 12.0 Å². The summed E-state index contributed by atoms with van der Waals surface area (Å²) in [5, 5.41) is 0.183. The van der Waals surface area contributed by atoms with E-state index in [4.69, 9.17) is 11.6 Å². The SMILES string of the molecule is Cc1c(Cl)cccc1N(CN1C(=O)[C@H]2[C@@H]3C=C[C@H]([C@H]4C[C@H]34)[C@@H]2C1=O)C(=O)C(F)(F)F. The van der Waals surface area contributed by atoms with Crippen LogP contribution in [0.2, 0.25) is 5.02 Å². The molecule has 2 bridgehead atoms. The minimum absolute atomic E-state index is 0.0499. The molecule has 2 saturated carbocycles. The number of allylic oxidation sites excluding steroid dienone is 2. The van der Waals surface area contributed by atoms with Gasteiger partial charge in [0.2, 0.25) is 11.8 Å². The van der Waals surface area contributed by atoms with Gasteiger partial charge in [-0.05, 0) is 54.7 Å². The second kappa shape index (κ2) is 6.33. The molecule has 0 aromatic heterocycles. The van der Waals surface area contributed by atoms with Gasteiger partial charge in [-0.25, -0.2) is 0 Å². The first-order valence-corrected chi connectivity index (χ1v) is 10.2. The number of nitrogens with zero attached hydrogens (tertiary/aromatic N) is 2. The Morgan fingerprint density at radius 2 is 1.70 bits per heavy atom. The van der Waals surface area contributed by atoms with Crippen LogP contribution in [-0.4, -0.2) is 35.5 Å².